The van der Waals surface area contributed by atoms with Gasteiger partial charge in [0.25, 0.3) is 5.78 Å². The van der Waals surface area contributed by atoms with Crippen molar-refractivity contribution in [3.63, 3.8) is 0 Å². The fourth-order valence-corrected chi connectivity index (χ4v) is 1.12. The molecule has 2 unspecified atom stereocenters. The summed E-state index contributed by atoms with van der Waals surface area (Å²) in [6.07, 6.45) is -2.93. The van der Waals surface area contributed by atoms with Crippen LogP contribution in [0.3, 0.4) is 0 Å². The Morgan fingerprint density at radius 2 is 1.59 bits per heavy atom. The number of carbonyl (C=O) groups excluding carboxylic acids is 3. The Morgan fingerprint density at radius 1 is 1.12 bits per heavy atom. The third-order valence-electron chi connectivity index (χ3n) is 2.32. The van der Waals surface area contributed by atoms with E-state index in [-0.39, 0.29) is 5.92 Å². The van der Waals surface area contributed by atoms with Crippen molar-refractivity contribution >= 4 is 17.3 Å². The highest BCUT2D eigenvalue weighted by atomic mass is 16.3. The van der Waals surface area contributed by atoms with Gasteiger partial charge in [-0.25, -0.2) is 0 Å². The van der Waals surface area contributed by atoms with Gasteiger partial charge < -0.3 is 21.1 Å². The largest absolute Gasteiger partial charge is 0.390 e. The van der Waals surface area contributed by atoms with Crippen LogP contribution in [0, 0.1) is 5.92 Å². The number of aliphatic hydroxyl groups excluding tert-OH is 3. The molecule has 0 aromatic heterocycles. The van der Waals surface area contributed by atoms with Gasteiger partial charge in [-0.2, -0.15) is 0 Å². The Labute approximate surface area is 98.2 Å². The van der Waals surface area contributed by atoms with E-state index >= 15 is 0 Å². The van der Waals surface area contributed by atoms with Gasteiger partial charge in [0.2, 0.25) is 11.6 Å². The molecule has 5 N–H and O–H groups in total. The Hall–Kier alpha value is -1.15. The Bertz CT molecular complexity index is 314. The maximum Gasteiger partial charge on any atom is 0.268 e. The van der Waals surface area contributed by atoms with Crippen molar-refractivity contribution in [1.29, 1.82) is 0 Å². The van der Waals surface area contributed by atoms with Gasteiger partial charge in [0.15, 0.2) is 0 Å². The molecular weight excluding hydrogens is 230 g/mol. The van der Waals surface area contributed by atoms with E-state index in [2.05, 4.69) is 0 Å². The lowest BCUT2D eigenvalue weighted by Crippen LogP contribution is -2.53. The fourth-order valence-electron chi connectivity index (χ4n) is 1.12. The molecular formula is C10H17NO6. The van der Waals surface area contributed by atoms with E-state index in [1.165, 1.54) is 0 Å². The lowest BCUT2D eigenvalue weighted by atomic mass is 9.93. The Balaban J connectivity index is 4.71. The SMILES string of the molecule is CC(C)C(O)C(O)[C@@H](N)C(=O)C(=O)C(=O)CO. The first kappa shape index (κ1) is 15.9. The van der Waals surface area contributed by atoms with Crippen LogP contribution in [0.4, 0.5) is 0 Å². The third kappa shape index (κ3) is 3.97. The maximum atomic E-state index is 11.3. The van der Waals surface area contributed by atoms with E-state index in [9.17, 15) is 24.6 Å². The zero-order valence-electron chi connectivity index (χ0n) is 9.66. The predicted octanol–water partition coefficient (Wildman–Crippen LogP) is -2.61. The summed E-state index contributed by atoms with van der Waals surface area (Å²) in [5, 5.41) is 27.4. The second-order valence-corrected chi connectivity index (χ2v) is 4.03. The summed E-state index contributed by atoms with van der Waals surface area (Å²) in [7, 11) is 0. The van der Waals surface area contributed by atoms with Gasteiger partial charge in [-0.15, -0.1) is 0 Å². The second kappa shape index (κ2) is 6.55. The molecule has 0 radical (unpaired) electrons. The molecule has 0 aromatic carbocycles. The third-order valence-corrected chi connectivity index (χ3v) is 2.32. The van der Waals surface area contributed by atoms with E-state index in [0.29, 0.717) is 0 Å². The highest BCUT2D eigenvalue weighted by Crippen LogP contribution is 2.09. The summed E-state index contributed by atoms with van der Waals surface area (Å²) in [5.41, 5.74) is 5.28. The maximum absolute atomic E-state index is 11.3. The van der Waals surface area contributed by atoms with Gasteiger partial charge in [0.05, 0.1) is 6.10 Å². The minimum Gasteiger partial charge on any atom is -0.390 e. The number of hydrogen-bond acceptors (Lipinski definition) is 7. The first-order chi connectivity index (χ1) is 7.73. The van der Waals surface area contributed by atoms with E-state index in [0.717, 1.165) is 0 Å². The average Bonchev–Trinajstić information content (AvgIpc) is 2.32. The van der Waals surface area contributed by atoms with Crippen molar-refractivity contribution in [3.05, 3.63) is 0 Å². The van der Waals surface area contributed by atoms with E-state index in [4.69, 9.17) is 10.8 Å². The molecule has 0 aliphatic heterocycles. The van der Waals surface area contributed by atoms with Crippen LogP contribution in [0.2, 0.25) is 0 Å². The first-order valence-electron chi connectivity index (χ1n) is 5.08. The zero-order valence-corrected chi connectivity index (χ0v) is 9.66. The van der Waals surface area contributed by atoms with Crippen molar-refractivity contribution in [2.75, 3.05) is 6.61 Å². The van der Waals surface area contributed by atoms with Crippen LogP contribution in [0.25, 0.3) is 0 Å². The molecule has 17 heavy (non-hydrogen) atoms. The van der Waals surface area contributed by atoms with E-state index in [1.54, 1.807) is 13.8 Å². The molecule has 0 rings (SSSR count). The van der Waals surface area contributed by atoms with Crippen LogP contribution >= 0.6 is 0 Å². The number of hydrogen-bond donors (Lipinski definition) is 4. The van der Waals surface area contributed by atoms with Crippen molar-refractivity contribution in [3.8, 4) is 0 Å². The lowest BCUT2D eigenvalue weighted by Gasteiger charge is -2.24. The van der Waals surface area contributed by atoms with Gasteiger partial charge in [0.1, 0.15) is 18.8 Å². The molecule has 0 aliphatic rings. The van der Waals surface area contributed by atoms with Crippen LogP contribution in [0.1, 0.15) is 13.8 Å². The quantitative estimate of drug-likeness (QED) is 0.285. The molecule has 0 amide bonds. The van der Waals surface area contributed by atoms with Gasteiger partial charge in [-0.3, -0.25) is 14.4 Å². The summed E-state index contributed by atoms with van der Waals surface area (Å²) >= 11 is 0. The summed E-state index contributed by atoms with van der Waals surface area (Å²) in [6.45, 7) is 2.08. The molecule has 3 atom stereocenters. The number of aliphatic hydroxyl groups is 3. The summed E-state index contributed by atoms with van der Waals surface area (Å²) < 4.78 is 0. The lowest BCUT2D eigenvalue weighted by molar-refractivity contribution is -0.147. The second-order valence-electron chi connectivity index (χ2n) is 4.03. The highest BCUT2D eigenvalue weighted by Gasteiger charge is 2.35. The van der Waals surface area contributed by atoms with Gasteiger partial charge in [-0.05, 0) is 5.92 Å². The number of nitrogens with two attached hydrogens (primary N) is 1. The minimum absolute atomic E-state index is 0.368. The topological polar surface area (TPSA) is 138 Å². The summed E-state index contributed by atoms with van der Waals surface area (Å²) in [4.78, 5) is 33.2. The standard InChI is InChI=1S/C10H17NO6/c1-4(2)7(14)9(16)6(11)10(17)8(15)5(13)3-12/h4,6-7,9,12,14,16H,3,11H2,1-2H3/t6-,7?,9?/m1/s1. The number of Topliss-reactive ketones (excluding diaryl/α,β-unsaturated/α-hetero) is 3. The number of rotatable bonds is 7. The molecule has 7 nitrogen and oxygen atoms in total. The van der Waals surface area contributed by atoms with Crippen LogP contribution in [0.15, 0.2) is 0 Å². The van der Waals surface area contributed by atoms with Gasteiger partial charge in [-0.1, -0.05) is 13.8 Å². The molecule has 0 saturated carbocycles. The Kier molecular flexibility index (Phi) is 6.11. The highest BCUT2D eigenvalue weighted by molar-refractivity contribution is 6.65. The van der Waals surface area contributed by atoms with Crippen LogP contribution < -0.4 is 5.73 Å². The number of ketones is 3. The van der Waals surface area contributed by atoms with E-state index in [1.807, 2.05) is 0 Å². The van der Waals surface area contributed by atoms with Crippen LogP contribution in [-0.4, -0.2) is 57.5 Å². The van der Waals surface area contributed by atoms with Gasteiger partial charge in [0, 0.05) is 0 Å². The summed E-state index contributed by atoms with van der Waals surface area (Å²) in [5.74, 6) is -4.46. The number of carbonyl (C=O) groups is 3. The van der Waals surface area contributed by atoms with Crippen molar-refractivity contribution < 1.29 is 29.7 Å². The van der Waals surface area contributed by atoms with Crippen LogP contribution in [-0.2, 0) is 14.4 Å². The zero-order chi connectivity index (χ0) is 13.7. The normalized spacial score (nSPS) is 16.4. The molecule has 0 saturated heterocycles. The summed E-state index contributed by atoms with van der Waals surface area (Å²) in [6, 6.07) is -1.68. The fraction of sp³-hybridized carbons (Fsp3) is 0.700. The molecule has 0 aliphatic carbocycles. The molecule has 98 valence electrons. The van der Waals surface area contributed by atoms with E-state index < -0.39 is 42.2 Å². The molecule has 0 spiro atoms. The average molecular weight is 247 g/mol. The molecule has 0 bridgehead atoms. The molecule has 0 aromatic rings. The Morgan fingerprint density at radius 3 is 1.94 bits per heavy atom. The molecule has 7 heteroatoms. The van der Waals surface area contributed by atoms with Crippen molar-refractivity contribution in [1.82, 2.24) is 0 Å². The van der Waals surface area contributed by atoms with Gasteiger partial charge >= 0.3 is 0 Å². The molecule has 0 fully saturated rings. The molecule has 0 heterocycles. The monoisotopic (exact) mass is 247 g/mol. The van der Waals surface area contributed by atoms with Crippen molar-refractivity contribution in [2.45, 2.75) is 32.1 Å². The first-order valence-corrected chi connectivity index (χ1v) is 5.08. The predicted molar refractivity (Wildman–Crippen MR) is 56.9 cm³/mol. The van der Waals surface area contributed by atoms with Crippen LogP contribution in [0.5, 0.6) is 0 Å². The smallest absolute Gasteiger partial charge is 0.268 e. The van der Waals surface area contributed by atoms with Crippen molar-refractivity contribution in [2.24, 2.45) is 11.7 Å². The minimum atomic E-state index is -1.68.